The first kappa shape index (κ1) is 19.4. The molecule has 146 valence electrons. The van der Waals surface area contributed by atoms with Gasteiger partial charge in [-0.3, -0.25) is 4.99 Å². The van der Waals surface area contributed by atoms with Crippen LogP contribution in [0.25, 0.3) is 11.5 Å². The van der Waals surface area contributed by atoms with Crippen LogP contribution in [0, 0.1) is 5.92 Å². The number of hydrogen-bond acceptors (Lipinski definition) is 4. The number of nitrogens with zero attached hydrogens (tertiary/aromatic N) is 3. The number of benzene rings is 1. The summed E-state index contributed by atoms with van der Waals surface area (Å²) >= 11 is 0. The number of likely N-dealkylation sites (tertiary alicyclic amines) is 1. The molecule has 6 heteroatoms. The smallest absolute Gasteiger partial charge is 0.226 e. The predicted octanol–water partition coefficient (Wildman–Crippen LogP) is 3.13. The van der Waals surface area contributed by atoms with E-state index in [4.69, 9.17) is 4.42 Å². The van der Waals surface area contributed by atoms with Crippen molar-refractivity contribution in [3.8, 4) is 11.5 Å². The maximum absolute atomic E-state index is 5.57. The van der Waals surface area contributed by atoms with Gasteiger partial charge in [-0.1, -0.05) is 25.1 Å². The van der Waals surface area contributed by atoms with E-state index in [2.05, 4.69) is 32.4 Å². The molecule has 0 saturated carbocycles. The molecule has 1 aromatic heterocycles. The largest absolute Gasteiger partial charge is 0.444 e. The lowest BCUT2D eigenvalue weighted by Gasteiger charge is -2.30. The third-order valence-corrected chi connectivity index (χ3v) is 5.05. The molecule has 0 aliphatic carbocycles. The van der Waals surface area contributed by atoms with Gasteiger partial charge in [-0.25, -0.2) is 4.98 Å². The van der Waals surface area contributed by atoms with Gasteiger partial charge in [-0.05, 0) is 56.9 Å². The average molecular weight is 370 g/mol. The summed E-state index contributed by atoms with van der Waals surface area (Å²) in [5.41, 5.74) is 1.85. The fourth-order valence-electron chi connectivity index (χ4n) is 3.29. The molecule has 2 aromatic rings. The highest BCUT2D eigenvalue weighted by atomic mass is 16.3. The van der Waals surface area contributed by atoms with Gasteiger partial charge in [0.25, 0.3) is 0 Å². The lowest BCUT2D eigenvalue weighted by molar-refractivity contribution is 0.191. The van der Waals surface area contributed by atoms with Crippen LogP contribution in [-0.4, -0.2) is 49.1 Å². The fourth-order valence-corrected chi connectivity index (χ4v) is 3.29. The summed E-state index contributed by atoms with van der Waals surface area (Å²) in [5.74, 6) is 2.33. The van der Waals surface area contributed by atoms with Gasteiger partial charge in [0, 0.05) is 19.2 Å². The first-order valence-corrected chi connectivity index (χ1v) is 9.91. The number of rotatable bonds is 7. The Hall–Kier alpha value is -2.34. The predicted molar refractivity (Wildman–Crippen MR) is 110 cm³/mol. The maximum atomic E-state index is 5.57. The van der Waals surface area contributed by atoms with Crippen LogP contribution in [0.1, 0.15) is 31.9 Å². The third kappa shape index (κ3) is 6.10. The zero-order valence-corrected chi connectivity index (χ0v) is 16.4. The van der Waals surface area contributed by atoms with E-state index in [9.17, 15) is 0 Å². The Balaban J connectivity index is 1.36. The number of nitrogens with one attached hydrogen (secondary N) is 2. The molecule has 0 spiro atoms. The van der Waals surface area contributed by atoms with Crippen LogP contribution in [0.3, 0.4) is 0 Å². The number of guanidine groups is 1. The van der Waals surface area contributed by atoms with Crippen molar-refractivity contribution in [2.24, 2.45) is 10.9 Å². The van der Waals surface area contributed by atoms with E-state index < -0.39 is 0 Å². The molecule has 6 nitrogen and oxygen atoms in total. The minimum Gasteiger partial charge on any atom is -0.444 e. The van der Waals surface area contributed by atoms with Crippen molar-refractivity contribution in [3.05, 3.63) is 42.3 Å². The maximum Gasteiger partial charge on any atom is 0.226 e. The molecule has 0 radical (unpaired) electrons. The lowest BCUT2D eigenvalue weighted by Crippen LogP contribution is -2.39. The van der Waals surface area contributed by atoms with Gasteiger partial charge >= 0.3 is 0 Å². The first-order valence-electron chi connectivity index (χ1n) is 9.91. The Morgan fingerprint density at radius 3 is 2.74 bits per heavy atom. The Bertz CT molecular complexity index is 704. The van der Waals surface area contributed by atoms with Crippen molar-refractivity contribution in [2.75, 3.05) is 33.2 Å². The van der Waals surface area contributed by atoms with Gasteiger partial charge < -0.3 is 20.0 Å². The van der Waals surface area contributed by atoms with Gasteiger partial charge in [-0.15, -0.1) is 0 Å². The number of oxazole rings is 1. The molecule has 1 aliphatic rings. The summed E-state index contributed by atoms with van der Waals surface area (Å²) in [6.07, 6.45) is 5.48. The highest BCUT2D eigenvalue weighted by Gasteiger charge is 2.14. The minimum absolute atomic E-state index is 0.583. The Kier molecular flexibility index (Phi) is 7.27. The molecule has 1 aliphatic heterocycles. The Labute approximate surface area is 162 Å². The van der Waals surface area contributed by atoms with E-state index in [-0.39, 0.29) is 0 Å². The van der Waals surface area contributed by atoms with Gasteiger partial charge in [0.2, 0.25) is 5.89 Å². The van der Waals surface area contributed by atoms with E-state index in [0.717, 1.165) is 42.6 Å². The van der Waals surface area contributed by atoms with Gasteiger partial charge in [0.05, 0.1) is 12.2 Å². The summed E-state index contributed by atoms with van der Waals surface area (Å²) in [5, 5.41) is 6.68. The molecular formula is C21H31N5O. The summed E-state index contributed by atoms with van der Waals surface area (Å²) in [6.45, 7) is 7.49. The summed E-state index contributed by atoms with van der Waals surface area (Å²) in [4.78, 5) is 11.4. The molecule has 1 saturated heterocycles. The van der Waals surface area contributed by atoms with E-state index in [1.54, 1.807) is 13.3 Å². The third-order valence-electron chi connectivity index (χ3n) is 5.05. The molecule has 0 amide bonds. The Morgan fingerprint density at radius 1 is 1.22 bits per heavy atom. The normalized spacial score (nSPS) is 16.4. The molecule has 27 heavy (non-hydrogen) atoms. The SMILES string of the molecule is CN=C(NCCCN1CCC(C)CC1)NCc1coc(-c2ccccc2)n1. The number of aromatic nitrogens is 1. The van der Waals surface area contributed by atoms with Crippen LogP contribution in [0.2, 0.25) is 0 Å². The average Bonchev–Trinajstić information content (AvgIpc) is 3.18. The Morgan fingerprint density at radius 2 is 2.00 bits per heavy atom. The van der Waals surface area contributed by atoms with Crippen molar-refractivity contribution >= 4 is 5.96 Å². The highest BCUT2D eigenvalue weighted by Crippen LogP contribution is 2.18. The van der Waals surface area contributed by atoms with Gasteiger partial charge in [0.15, 0.2) is 5.96 Å². The van der Waals surface area contributed by atoms with Crippen LogP contribution in [0.4, 0.5) is 0 Å². The van der Waals surface area contributed by atoms with E-state index in [0.29, 0.717) is 12.4 Å². The summed E-state index contributed by atoms with van der Waals surface area (Å²) < 4.78 is 5.57. The number of aliphatic imine (C=N–C) groups is 1. The first-order chi connectivity index (χ1) is 13.2. The lowest BCUT2D eigenvalue weighted by atomic mass is 9.99. The quantitative estimate of drug-likeness (QED) is 0.446. The summed E-state index contributed by atoms with van der Waals surface area (Å²) in [6, 6.07) is 9.93. The topological polar surface area (TPSA) is 65.7 Å². The minimum atomic E-state index is 0.583. The standard InChI is InChI=1S/C21H31N5O/c1-17-9-13-26(14-10-17)12-6-11-23-21(22-2)24-15-19-16-27-20(25-19)18-7-4-3-5-8-18/h3-5,7-8,16-17H,6,9-15H2,1-2H3,(H2,22,23,24). The second-order valence-electron chi connectivity index (χ2n) is 7.24. The van der Waals surface area contributed by atoms with Crippen molar-refractivity contribution < 1.29 is 4.42 Å². The van der Waals surface area contributed by atoms with Crippen LogP contribution in [-0.2, 0) is 6.54 Å². The van der Waals surface area contributed by atoms with E-state index in [1.807, 2.05) is 30.3 Å². The monoisotopic (exact) mass is 369 g/mol. The second-order valence-corrected chi connectivity index (χ2v) is 7.24. The molecule has 3 rings (SSSR count). The van der Waals surface area contributed by atoms with Gasteiger partial charge in [0.1, 0.15) is 6.26 Å². The molecular weight excluding hydrogens is 338 g/mol. The van der Waals surface area contributed by atoms with Crippen LogP contribution >= 0.6 is 0 Å². The fraction of sp³-hybridized carbons (Fsp3) is 0.524. The van der Waals surface area contributed by atoms with Gasteiger partial charge in [-0.2, -0.15) is 0 Å². The van der Waals surface area contributed by atoms with Crippen LogP contribution in [0.15, 0.2) is 46.0 Å². The van der Waals surface area contributed by atoms with Crippen molar-refractivity contribution in [2.45, 2.75) is 32.7 Å². The van der Waals surface area contributed by atoms with Crippen molar-refractivity contribution in [1.29, 1.82) is 0 Å². The molecule has 0 atom stereocenters. The van der Waals surface area contributed by atoms with E-state index in [1.165, 1.54) is 25.9 Å². The van der Waals surface area contributed by atoms with E-state index >= 15 is 0 Å². The molecule has 2 N–H and O–H groups in total. The van der Waals surface area contributed by atoms with Crippen LogP contribution < -0.4 is 10.6 Å². The number of piperidine rings is 1. The molecule has 0 unspecified atom stereocenters. The van der Waals surface area contributed by atoms with Crippen molar-refractivity contribution in [3.63, 3.8) is 0 Å². The molecule has 1 aromatic carbocycles. The zero-order valence-electron chi connectivity index (χ0n) is 16.4. The molecule has 0 bridgehead atoms. The molecule has 1 fully saturated rings. The zero-order chi connectivity index (χ0) is 18.9. The second kappa shape index (κ2) is 10.1. The highest BCUT2D eigenvalue weighted by molar-refractivity contribution is 5.79. The molecule has 2 heterocycles. The number of hydrogen-bond donors (Lipinski definition) is 2. The van der Waals surface area contributed by atoms with Crippen LogP contribution in [0.5, 0.6) is 0 Å². The van der Waals surface area contributed by atoms with Crippen molar-refractivity contribution in [1.82, 2.24) is 20.5 Å². The summed E-state index contributed by atoms with van der Waals surface area (Å²) in [7, 11) is 1.79.